The highest BCUT2D eigenvalue weighted by Gasteiger charge is 2.39. The molecule has 2 fully saturated rings. The average Bonchev–Trinajstić information content (AvgIpc) is 2.55. The Balaban J connectivity index is 1.64. The lowest BCUT2D eigenvalue weighted by molar-refractivity contribution is -0.146. The molecule has 1 aliphatic heterocycles. The Morgan fingerprint density at radius 1 is 1.09 bits per heavy atom. The normalized spacial score (nSPS) is 35.5. The molecule has 3 atom stereocenters. The second-order valence-electron chi connectivity index (χ2n) is 7.48. The number of likely N-dealkylation sites (tertiary alicyclic amines) is 1. The number of rotatable bonds is 2. The van der Waals surface area contributed by atoms with Crippen molar-refractivity contribution in [3.63, 3.8) is 0 Å². The van der Waals surface area contributed by atoms with Gasteiger partial charge in [-0.25, -0.2) is 0 Å². The molecule has 3 unspecified atom stereocenters. The molecule has 4 nitrogen and oxygen atoms in total. The van der Waals surface area contributed by atoms with Crippen molar-refractivity contribution in [3.8, 4) is 0 Å². The highest BCUT2D eigenvalue weighted by atomic mass is 16.4. The van der Waals surface area contributed by atoms with Crippen LogP contribution in [0.4, 0.5) is 0 Å². The van der Waals surface area contributed by atoms with Gasteiger partial charge in [0.25, 0.3) is 0 Å². The smallest absolute Gasteiger partial charge is 0.306 e. The minimum absolute atomic E-state index is 0.0656. The third kappa shape index (κ3) is 3.21. The second kappa shape index (κ2) is 6.43. The largest absolute Gasteiger partial charge is 0.481 e. The number of aliphatic carboxylic acids is 1. The van der Waals surface area contributed by atoms with Gasteiger partial charge in [0.15, 0.2) is 0 Å². The summed E-state index contributed by atoms with van der Waals surface area (Å²) in [5, 5.41) is 9.21. The zero-order valence-electron chi connectivity index (χ0n) is 13.3. The van der Waals surface area contributed by atoms with E-state index in [9.17, 15) is 14.7 Å². The number of piperidine rings is 1. The molecule has 0 bridgehead atoms. The van der Waals surface area contributed by atoms with E-state index in [1.54, 1.807) is 0 Å². The van der Waals surface area contributed by atoms with E-state index in [1.807, 2.05) is 0 Å². The topological polar surface area (TPSA) is 57.6 Å². The van der Waals surface area contributed by atoms with Crippen LogP contribution in [-0.4, -0.2) is 35.0 Å². The fraction of sp³-hybridized carbons (Fsp3) is 0.778. The molecule has 1 amide bonds. The van der Waals surface area contributed by atoms with E-state index in [1.165, 1.54) is 12.8 Å². The Morgan fingerprint density at radius 2 is 1.91 bits per heavy atom. The van der Waals surface area contributed by atoms with Crippen molar-refractivity contribution in [2.75, 3.05) is 13.1 Å². The zero-order chi connectivity index (χ0) is 15.6. The Kier molecular flexibility index (Phi) is 4.55. The van der Waals surface area contributed by atoms with Gasteiger partial charge in [-0.1, -0.05) is 18.6 Å². The minimum Gasteiger partial charge on any atom is -0.481 e. The number of amides is 1. The molecule has 3 rings (SSSR count). The standard InChI is InChI=1S/C18H27NO3/c20-16(14-6-4-7-15(12-14)17(21)22)19-11-5-10-18(13-19)8-2-1-3-9-18/h1-2,14-15H,3-13H2,(H,21,22). The maximum Gasteiger partial charge on any atom is 0.306 e. The highest BCUT2D eigenvalue weighted by Crippen LogP contribution is 2.41. The second-order valence-corrected chi connectivity index (χ2v) is 7.48. The maximum atomic E-state index is 12.9. The van der Waals surface area contributed by atoms with Crippen molar-refractivity contribution in [1.29, 1.82) is 0 Å². The molecule has 3 aliphatic rings. The van der Waals surface area contributed by atoms with Gasteiger partial charge in [-0.3, -0.25) is 9.59 Å². The Bertz CT molecular complexity index is 473. The first-order valence-corrected chi connectivity index (χ1v) is 8.76. The molecule has 1 N–H and O–H groups in total. The van der Waals surface area contributed by atoms with Gasteiger partial charge in [-0.15, -0.1) is 0 Å². The fourth-order valence-corrected chi connectivity index (χ4v) is 4.61. The molecule has 1 saturated heterocycles. The third-order valence-electron chi connectivity index (χ3n) is 5.90. The molecule has 4 heteroatoms. The first-order valence-electron chi connectivity index (χ1n) is 8.76. The molecule has 1 spiro atoms. The van der Waals surface area contributed by atoms with Crippen molar-refractivity contribution in [1.82, 2.24) is 4.90 Å². The van der Waals surface area contributed by atoms with Crippen LogP contribution in [0.5, 0.6) is 0 Å². The SMILES string of the molecule is O=C(O)C1CCCC(C(=O)N2CCCC3(CC=CCC3)C2)C1. The molecule has 0 radical (unpaired) electrons. The van der Waals surface area contributed by atoms with E-state index < -0.39 is 5.97 Å². The van der Waals surface area contributed by atoms with Crippen LogP contribution in [0.25, 0.3) is 0 Å². The van der Waals surface area contributed by atoms with Gasteiger partial charge in [0, 0.05) is 19.0 Å². The van der Waals surface area contributed by atoms with Crippen LogP contribution < -0.4 is 0 Å². The van der Waals surface area contributed by atoms with Crippen LogP contribution in [0.15, 0.2) is 12.2 Å². The van der Waals surface area contributed by atoms with E-state index in [0.717, 1.165) is 51.6 Å². The predicted octanol–water partition coefficient (Wildman–Crippen LogP) is 3.23. The highest BCUT2D eigenvalue weighted by molar-refractivity contribution is 5.80. The predicted molar refractivity (Wildman–Crippen MR) is 84.3 cm³/mol. The summed E-state index contributed by atoms with van der Waals surface area (Å²) in [4.78, 5) is 26.1. The molecule has 22 heavy (non-hydrogen) atoms. The fourth-order valence-electron chi connectivity index (χ4n) is 4.61. The minimum atomic E-state index is -0.731. The summed E-state index contributed by atoms with van der Waals surface area (Å²) in [7, 11) is 0. The van der Waals surface area contributed by atoms with E-state index >= 15 is 0 Å². The van der Waals surface area contributed by atoms with Gasteiger partial charge in [0.1, 0.15) is 0 Å². The molecule has 0 aromatic carbocycles. The number of hydrogen-bond donors (Lipinski definition) is 1. The Morgan fingerprint density at radius 3 is 2.64 bits per heavy atom. The van der Waals surface area contributed by atoms with Crippen LogP contribution in [-0.2, 0) is 9.59 Å². The molecule has 1 saturated carbocycles. The van der Waals surface area contributed by atoms with Crippen molar-refractivity contribution in [2.24, 2.45) is 17.3 Å². The van der Waals surface area contributed by atoms with E-state index in [4.69, 9.17) is 0 Å². The van der Waals surface area contributed by atoms with Crippen LogP contribution in [0, 0.1) is 17.3 Å². The summed E-state index contributed by atoms with van der Waals surface area (Å²) >= 11 is 0. The lowest BCUT2D eigenvalue weighted by Gasteiger charge is -2.45. The number of allylic oxidation sites excluding steroid dienone is 2. The number of hydrogen-bond acceptors (Lipinski definition) is 2. The Labute approximate surface area is 132 Å². The number of nitrogens with zero attached hydrogens (tertiary/aromatic N) is 1. The molecular weight excluding hydrogens is 278 g/mol. The number of carbonyl (C=O) groups is 2. The quantitative estimate of drug-likeness (QED) is 0.797. The van der Waals surface area contributed by atoms with Crippen molar-refractivity contribution >= 4 is 11.9 Å². The first kappa shape index (κ1) is 15.6. The maximum absolute atomic E-state index is 12.9. The molecule has 0 aromatic heterocycles. The number of carboxylic acids is 1. The molecule has 0 aromatic rings. The van der Waals surface area contributed by atoms with Crippen molar-refractivity contribution in [3.05, 3.63) is 12.2 Å². The summed E-state index contributed by atoms with van der Waals surface area (Å²) < 4.78 is 0. The summed E-state index contributed by atoms with van der Waals surface area (Å²) in [5.41, 5.74) is 0.295. The summed E-state index contributed by atoms with van der Waals surface area (Å²) in [6.45, 7) is 1.74. The van der Waals surface area contributed by atoms with E-state index in [0.29, 0.717) is 11.8 Å². The third-order valence-corrected chi connectivity index (χ3v) is 5.90. The van der Waals surface area contributed by atoms with Crippen LogP contribution in [0.3, 0.4) is 0 Å². The summed E-state index contributed by atoms with van der Waals surface area (Å²) in [5.74, 6) is -0.896. The molecule has 1 heterocycles. The van der Waals surface area contributed by atoms with Gasteiger partial charge in [0.05, 0.1) is 5.92 Å². The van der Waals surface area contributed by atoms with Crippen LogP contribution >= 0.6 is 0 Å². The van der Waals surface area contributed by atoms with E-state index in [-0.39, 0.29) is 17.7 Å². The van der Waals surface area contributed by atoms with Crippen LogP contribution in [0.1, 0.15) is 57.8 Å². The van der Waals surface area contributed by atoms with Crippen molar-refractivity contribution < 1.29 is 14.7 Å². The summed E-state index contributed by atoms with van der Waals surface area (Å²) in [6.07, 6.45) is 13.3. The molecular formula is C18H27NO3. The van der Waals surface area contributed by atoms with Crippen LogP contribution in [0.2, 0.25) is 0 Å². The van der Waals surface area contributed by atoms with Gasteiger partial charge < -0.3 is 10.0 Å². The zero-order valence-corrected chi connectivity index (χ0v) is 13.3. The van der Waals surface area contributed by atoms with Crippen molar-refractivity contribution in [2.45, 2.75) is 57.8 Å². The monoisotopic (exact) mass is 305 g/mol. The Hall–Kier alpha value is -1.32. The average molecular weight is 305 g/mol. The lowest BCUT2D eigenvalue weighted by Crippen LogP contribution is -2.49. The molecule has 2 aliphatic carbocycles. The van der Waals surface area contributed by atoms with Gasteiger partial charge in [-0.2, -0.15) is 0 Å². The first-order chi connectivity index (χ1) is 10.6. The van der Waals surface area contributed by atoms with Gasteiger partial charge in [0.2, 0.25) is 5.91 Å². The number of carboxylic acid groups (broad SMARTS) is 1. The molecule has 122 valence electrons. The van der Waals surface area contributed by atoms with Gasteiger partial charge in [-0.05, 0) is 56.8 Å². The number of carbonyl (C=O) groups excluding carboxylic acids is 1. The summed E-state index contributed by atoms with van der Waals surface area (Å²) in [6, 6.07) is 0. The van der Waals surface area contributed by atoms with Gasteiger partial charge >= 0.3 is 5.97 Å². The van der Waals surface area contributed by atoms with E-state index in [2.05, 4.69) is 17.1 Å². The lowest BCUT2D eigenvalue weighted by atomic mass is 9.71.